The number of morpholine rings is 1. The van der Waals surface area contributed by atoms with Crippen LogP contribution in [0.2, 0.25) is 0 Å². The van der Waals surface area contributed by atoms with Crippen molar-refractivity contribution in [2.24, 2.45) is 0 Å². The van der Waals surface area contributed by atoms with Gasteiger partial charge in [0.25, 0.3) is 0 Å². The molecule has 4 nitrogen and oxygen atoms in total. The van der Waals surface area contributed by atoms with Gasteiger partial charge >= 0.3 is 12.1 Å². The van der Waals surface area contributed by atoms with E-state index in [4.69, 9.17) is 9.47 Å². The molecular formula is C14H16F3NO3. The molecule has 1 heterocycles. The second-order valence-corrected chi connectivity index (χ2v) is 4.55. The molecule has 0 saturated carbocycles. The average molecular weight is 303 g/mol. The molecule has 1 aromatic rings. The monoisotopic (exact) mass is 303 g/mol. The first-order valence-corrected chi connectivity index (χ1v) is 6.64. The smallest absolute Gasteiger partial charge is 0.416 e. The fourth-order valence-electron chi connectivity index (χ4n) is 2.16. The van der Waals surface area contributed by atoms with E-state index in [1.54, 1.807) is 6.92 Å². The molecule has 21 heavy (non-hydrogen) atoms. The van der Waals surface area contributed by atoms with Crippen molar-refractivity contribution in [3.63, 3.8) is 0 Å². The van der Waals surface area contributed by atoms with Crippen LogP contribution in [-0.4, -0.2) is 38.9 Å². The second kappa shape index (κ2) is 6.34. The number of carbonyl (C=O) groups excluding carboxylic acids is 1. The van der Waals surface area contributed by atoms with Crippen LogP contribution in [0, 0.1) is 0 Å². The van der Waals surface area contributed by atoms with Gasteiger partial charge in [0.1, 0.15) is 0 Å². The predicted octanol–water partition coefficient (Wildman–Crippen LogP) is 2.72. The molecule has 0 unspecified atom stereocenters. The number of halogens is 3. The third-order valence-electron chi connectivity index (χ3n) is 3.17. The summed E-state index contributed by atoms with van der Waals surface area (Å²) in [6.45, 7) is 3.72. The lowest BCUT2D eigenvalue weighted by atomic mass is 10.1. The Morgan fingerprint density at radius 1 is 1.33 bits per heavy atom. The van der Waals surface area contributed by atoms with Crippen LogP contribution in [0.4, 0.5) is 18.9 Å². The van der Waals surface area contributed by atoms with Crippen molar-refractivity contribution in [2.75, 3.05) is 37.8 Å². The third kappa shape index (κ3) is 3.66. The second-order valence-electron chi connectivity index (χ2n) is 4.55. The van der Waals surface area contributed by atoms with Gasteiger partial charge in [0.15, 0.2) is 0 Å². The Hall–Kier alpha value is -1.76. The van der Waals surface area contributed by atoms with Gasteiger partial charge in [-0.05, 0) is 25.1 Å². The minimum absolute atomic E-state index is 0.0615. The molecule has 0 bridgehead atoms. The van der Waals surface area contributed by atoms with E-state index in [0.29, 0.717) is 32.0 Å². The zero-order valence-electron chi connectivity index (χ0n) is 11.6. The molecule has 1 aliphatic heterocycles. The van der Waals surface area contributed by atoms with Gasteiger partial charge in [0.2, 0.25) is 0 Å². The topological polar surface area (TPSA) is 38.8 Å². The zero-order valence-corrected chi connectivity index (χ0v) is 11.6. The summed E-state index contributed by atoms with van der Waals surface area (Å²) in [4.78, 5) is 13.8. The lowest BCUT2D eigenvalue weighted by molar-refractivity contribution is -0.137. The summed E-state index contributed by atoms with van der Waals surface area (Å²) in [5, 5.41) is 0. The van der Waals surface area contributed by atoms with E-state index >= 15 is 0 Å². The van der Waals surface area contributed by atoms with Gasteiger partial charge in [0.05, 0.1) is 36.6 Å². The number of hydrogen-bond acceptors (Lipinski definition) is 4. The summed E-state index contributed by atoms with van der Waals surface area (Å²) in [5.74, 6) is -0.745. The Morgan fingerprint density at radius 3 is 2.57 bits per heavy atom. The largest absolute Gasteiger partial charge is 0.462 e. The van der Waals surface area contributed by atoms with Crippen molar-refractivity contribution in [3.05, 3.63) is 29.3 Å². The van der Waals surface area contributed by atoms with Crippen LogP contribution in [0.25, 0.3) is 0 Å². The maximum Gasteiger partial charge on any atom is 0.416 e. The highest BCUT2D eigenvalue weighted by atomic mass is 19.4. The standard InChI is InChI=1S/C14H16F3NO3/c1-2-21-13(19)11-9-10(14(15,16)17)3-4-12(11)18-5-7-20-8-6-18/h3-4,9H,2,5-8H2,1H3. The van der Waals surface area contributed by atoms with Crippen molar-refractivity contribution in [1.29, 1.82) is 0 Å². The summed E-state index contributed by atoms with van der Waals surface area (Å²) < 4.78 is 48.5. The van der Waals surface area contributed by atoms with E-state index in [0.717, 1.165) is 12.1 Å². The fraction of sp³-hybridized carbons (Fsp3) is 0.500. The van der Waals surface area contributed by atoms with E-state index in [-0.39, 0.29) is 12.2 Å². The van der Waals surface area contributed by atoms with Crippen LogP contribution in [0.3, 0.4) is 0 Å². The quantitative estimate of drug-likeness (QED) is 0.805. The highest BCUT2D eigenvalue weighted by Crippen LogP contribution is 2.33. The molecule has 1 aromatic carbocycles. The maximum absolute atomic E-state index is 12.8. The SMILES string of the molecule is CCOC(=O)c1cc(C(F)(F)F)ccc1N1CCOCC1. The Kier molecular flexibility index (Phi) is 4.72. The van der Waals surface area contributed by atoms with Crippen LogP contribution in [0.15, 0.2) is 18.2 Å². The molecule has 0 radical (unpaired) electrons. The van der Waals surface area contributed by atoms with Crippen LogP contribution >= 0.6 is 0 Å². The van der Waals surface area contributed by atoms with Gasteiger partial charge < -0.3 is 14.4 Å². The van der Waals surface area contributed by atoms with Gasteiger partial charge in [-0.15, -0.1) is 0 Å². The lowest BCUT2D eigenvalue weighted by Gasteiger charge is -2.30. The summed E-state index contributed by atoms with van der Waals surface area (Å²) in [6.07, 6.45) is -4.50. The van der Waals surface area contributed by atoms with Gasteiger partial charge in [-0.25, -0.2) is 4.79 Å². The fourth-order valence-corrected chi connectivity index (χ4v) is 2.16. The molecule has 0 N–H and O–H groups in total. The molecule has 0 aromatic heterocycles. The summed E-state index contributed by atoms with van der Waals surface area (Å²) >= 11 is 0. The number of ether oxygens (including phenoxy) is 2. The maximum atomic E-state index is 12.8. The number of carbonyl (C=O) groups is 1. The van der Waals surface area contributed by atoms with E-state index < -0.39 is 17.7 Å². The number of hydrogen-bond donors (Lipinski definition) is 0. The zero-order chi connectivity index (χ0) is 15.5. The summed E-state index contributed by atoms with van der Waals surface area (Å²) in [7, 11) is 0. The molecule has 0 spiro atoms. The Labute approximate surface area is 120 Å². The summed E-state index contributed by atoms with van der Waals surface area (Å²) in [5.41, 5.74) is -0.471. The molecule has 0 amide bonds. The van der Waals surface area contributed by atoms with Crippen LogP contribution in [0.5, 0.6) is 0 Å². The number of benzene rings is 1. The van der Waals surface area contributed by atoms with Crippen molar-refractivity contribution in [2.45, 2.75) is 13.1 Å². The summed E-state index contributed by atoms with van der Waals surface area (Å²) in [6, 6.07) is 3.15. The van der Waals surface area contributed by atoms with E-state index in [1.807, 2.05) is 4.90 Å². The van der Waals surface area contributed by atoms with Gasteiger partial charge in [0, 0.05) is 13.1 Å². The number of rotatable bonds is 3. The predicted molar refractivity (Wildman–Crippen MR) is 70.4 cm³/mol. The van der Waals surface area contributed by atoms with Gasteiger partial charge in [-0.2, -0.15) is 13.2 Å². The molecule has 0 atom stereocenters. The number of esters is 1. The first-order valence-electron chi connectivity index (χ1n) is 6.64. The Balaban J connectivity index is 2.40. The lowest BCUT2D eigenvalue weighted by Crippen LogP contribution is -2.37. The minimum atomic E-state index is -4.50. The molecular weight excluding hydrogens is 287 g/mol. The molecule has 1 fully saturated rings. The van der Waals surface area contributed by atoms with Crippen molar-refractivity contribution >= 4 is 11.7 Å². The number of nitrogens with zero attached hydrogens (tertiary/aromatic N) is 1. The first-order chi connectivity index (χ1) is 9.93. The molecule has 1 saturated heterocycles. The minimum Gasteiger partial charge on any atom is -0.462 e. The number of anilines is 1. The average Bonchev–Trinajstić information content (AvgIpc) is 2.47. The van der Waals surface area contributed by atoms with Crippen LogP contribution in [-0.2, 0) is 15.7 Å². The Bertz CT molecular complexity index is 511. The normalized spacial score (nSPS) is 15.9. The van der Waals surface area contributed by atoms with Crippen LogP contribution in [0.1, 0.15) is 22.8 Å². The molecule has 7 heteroatoms. The van der Waals surface area contributed by atoms with Crippen molar-refractivity contribution in [3.8, 4) is 0 Å². The number of alkyl halides is 3. The third-order valence-corrected chi connectivity index (χ3v) is 3.17. The van der Waals surface area contributed by atoms with Gasteiger partial charge in [-0.1, -0.05) is 0 Å². The van der Waals surface area contributed by atoms with E-state index in [2.05, 4.69) is 0 Å². The van der Waals surface area contributed by atoms with Crippen LogP contribution < -0.4 is 4.90 Å². The van der Waals surface area contributed by atoms with E-state index in [1.165, 1.54) is 6.07 Å². The van der Waals surface area contributed by atoms with E-state index in [9.17, 15) is 18.0 Å². The molecule has 2 rings (SSSR count). The van der Waals surface area contributed by atoms with Crippen molar-refractivity contribution < 1.29 is 27.4 Å². The Morgan fingerprint density at radius 2 is 2.00 bits per heavy atom. The molecule has 0 aliphatic carbocycles. The highest BCUT2D eigenvalue weighted by Gasteiger charge is 2.32. The molecule has 1 aliphatic rings. The first kappa shape index (κ1) is 15.6. The van der Waals surface area contributed by atoms with Crippen molar-refractivity contribution in [1.82, 2.24) is 0 Å². The molecule has 116 valence electrons. The highest BCUT2D eigenvalue weighted by molar-refractivity contribution is 5.96. The van der Waals surface area contributed by atoms with Gasteiger partial charge in [-0.3, -0.25) is 0 Å².